The first kappa shape index (κ1) is 14.0. The maximum Gasteiger partial charge on any atom is 0.229 e. The minimum atomic E-state index is 0.166. The number of rotatable bonds is 5. The molecular formula is C15H18N4OS. The zero-order valence-electron chi connectivity index (χ0n) is 12.3. The van der Waals surface area contributed by atoms with Gasteiger partial charge in [0.2, 0.25) is 5.88 Å². The number of methoxy groups -OCH3 is 1. The molecule has 6 heteroatoms. The van der Waals surface area contributed by atoms with E-state index in [-0.39, 0.29) is 6.04 Å². The molecule has 1 atom stereocenters. The number of hydrogen-bond donors (Lipinski definition) is 1. The molecule has 3 aromatic rings. The maximum absolute atomic E-state index is 5.27. The first-order valence-corrected chi connectivity index (χ1v) is 7.66. The molecule has 0 saturated carbocycles. The van der Waals surface area contributed by atoms with Gasteiger partial charge in [-0.05, 0) is 24.5 Å². The second-order valence-corrected chi connectivity index (χ2v) is 5.60. The molecule has 0 saturated heterocycles. The van der Waals surface area contributed by atoms with Crippen molar-refractivity contribution in [1.29, 1.82) is 0 Å². The van der Waals surface area contributed by atoms with Gasteiger partial charge in [-0.25, -0.2) is 0 Å². The van der Waals surface area contributed by atoms with Gasteiger partial charge >= 0.3 is 0 Å². The number of ether oxygens (including phenoxy) is 1. The highest BCUT2D eigenvalue weighted by atomic mass is 32.1. The van der Waals surface area contributed by atoms with Crippen LogP contribution in [-0.2, 0) is 13.6 Å². The molecule has 2 heterocycles. The Hall–Kier alpha value is -1.92. The third kappa shape index (κ3) is 2.64. The molecule has 0 spiro atoms. The van der Waals surface area contributed by atoms with Crippen LogP contribution in [0.1, 0.15) is 24.2 Å². The molecule has 21 heavy (non-hydrogen) atoms. The first-order chi connectivity index (χ1) is 10.2. The lowest BCUT2D eigenvalue weighted by atomic mass is 10.1. The van der Waals surface area contributed by atoms with Crippen LogP contribution in [0.4, 0.5) is 0 Å². The summed E-state index contributed by atoms with van der Waals surface area (Å²) in [4.78, 5) is 0. The quantitative estimate of drug-likeness (QED) is 0.787. The van der Waals surface area contributed by atoms with E-state index in [0.29, 0.717) is 12.4 Å². The van der Waals surface area contributed by atoms with Gasteiger partial charge in [0.05, 0.1) is 18.3 Å². The Morgan fingerprint density at radius 1 is 1.38 bits per heavy atom. The van der Waals surface area contributed by atoms with Gasteiger partial charge < -0.3 is 10.1 Å². The van der Waals surface area contributed by atoms with Gasteiger partial charge in [-0.2, -0.15) is 9.47 Å². The zero-order valence-corrected chi connectivity index (χ0v) is 13.1. The van der Waals surface area contributed by atoms with Crippen molar-refractivity contribution in [3.8, 4) is 5.88 Å². The molecule has 0 aliphatic rings. The van der Waals surface area contributed by atoms with E-state index in [9.17, 15) is 0 Å². The molecule has 1 N–H and O–H groups in total. The van der Waals surface area contributed by atoms with E-state index in [2.05, 4.69) is 33.8 Å². The predicted molar refractivity (Wildman–Crippen MR) is 84.6 cm³/mol. The smallest absolute Gasteiger partial charge is 0.229 e. The zero-order chi connectivity index (χ0) is 14.8. The first-order valence-electron chi connectivity index (χ1n) is 6.83. The number of fused-ring (bicyclic) bond motifs is 1. The van der Waals surface area contributed by atoms with E-state index in [4.69, 9.17) is 4.74 Å². The fourth-order valence-electron chi connectivity index (χ4n) is 2.46. The van der Waals surface area contributed by atoms with Crippen LogP contribution in [0, 0.1) is 0 Å². The number of para-hydroxylation sites is 1. The van der Waals surface area contributed by atoms with E-state index < -0.39 is 0 Å². The minimum absolute atomic E-state index is 0.166. The predicted octanol–water partition coefficient (Wildman–Crippen LogP) is 2.89. The van der Waals surface area contributed by atoms with E-state index in [1.165, 1.54) is 16.9 Å². The third-order valence-electron chi connectivity index (χ3n) is 3.63. The minimum Gasteiger partial charge on any atom is -0.480 e. The van der Waals surface area contributed by atoms with Crippen molar-refractivity contribution in [2.75, 3.05) is 7.11 Å². The van der Waals surface area contributed by atoms with Crippen molar-refractivity contribution < 1.29 is 4.74 Å². The highest BCUT2D eigenvalue weighted by Crippen LogP contribution is 2.26. The van der Waals surface area contributed by atoms with Crippen molar-refractivity contribution in [1.82, 2.24) is 19.5 Å². The monoisotopic (exact) mass is 302 g/mol. The molecular weight excluding hydrogens is 284 g/mol. The van der Waals surface area contributed by atoms with Gasteiger partial charge in [0.1, 0.15) is 0 Å². The van der Waals surface area contributed by atoms with Gasteiger partial charge in [-0.1, -0.05) is 18.2 Å². The normalized spacial score (nSPS) is 12.7. The Morgan fingerprint density at radius 3 is 3.00 bits per heavy atom. The maximum atomic E-state index is 5.27. The lowest BCUT2D eigenvalue weighted by molar-refractivity contribution is 0.390. The topological polar surface area (TPSA) is 52.0 Å². The summed E-state index contributed by atoms with van der Waals surface area (Å²) >= 11 is 1.41. The molecule has 1 unspecified atom stereocenters. The van der Waals surface area contributed by atoms with E-state index in [0.717, 1.165) is 16.8 Å². The molecule has 0 radical (unpaired) electrons. The van der Waals surface area contributed by atoms with Crippen LogP contribution in [0.3, 0.4) is 0 Å². The van der Waals surface area contributed by atoms with Crippen LogP contribution < -0.4 is 10.1 Å². The van der Waals surface area contributed by atoms with Crippen molar-refractivity contribution in [3.63, 3.8) is 0 Å². The Balaban J connectivity index is 1.77. The average molecular weight is 302 g/mol. The molecule has 110 valence electrons. The second-order valence-electron chi connectivity index (χ2n) is 4.97. The summed E-state index contributed by atoms with van der Waals surface area (Å²) in [6.07, 6.45) is 0. The number of hydrogen-bond acceptors (Lipinski definition) is 5. The van der Waals surface area contributed by atoms with Crippen LogP contribution in [0.15, 0.2) is 29.6 Å². The van der Waals surface area contributed by atoms with Gasteiger partial charge in [-0.3, -0.25) is 4.68 Å². The molecule has 3 rings (SSSR count). The molecule has 5 nitrogen and oxygen atoms in total. The molecule has 1 aromatic carbocycles. The number of nitrogens with zero attached hydrogens (tertiary/aromatic N) is 3. The van der Waals surface area contributed by atoms with E-state index in [1.54, 1.807) is 7.11 Å². The van der Waals surface area contributed by atoms with Crippen LogP contribution in [-0.4, -0.2) is 21.3 Å². The highest BCUT2D eigenvalue weighted by Gasteiger charge is 2.15. The molecule has 0 aliphatic carbocycles. The van der Waals surface area contributed by atoms with Crippen molar-refractivity contribution in [2.45, 2.75) is 19.5 Å². The van der Waals surface area contributed by atoms with E-state index in [1.807, 2.05) is 29.2 Å². The van der Waals surface area contributed by atoms with Gasteiger partial charge in [0, 0.05) is 36.0 Å². The van der Waals surface area contributed by atoms with E-state index >= 15 is 0 Å². The Labute approximate surface area is 127 Å². The summed E-state index contributed by atoms with van der Waals surface area (Å²) in [6, 6.07) is 8.44. The fourth-order valence-corrected chi connectivity index (χ4v) is 3.20. The average Bonchev–Trinajstić information content (AvgIpc) is 3.10. The summed E-state index contributed by atoms with van der Waals surface area (Å²) in [5.41, 5.74) is 3.29. The van der Waals surface area contributed by atoms with Crippen molar-refractivity contribution in [3.05, 3.63) is 40.9 Å². The highest BCUT2D eigenvalue weighted by molar-refractivity contribution is 7.03. The summed E-state index contributed by atoms with van der Waals surface area (Å²) in [7, 11) is 3.62. The van der Waals surface area contributed by atoms with Crippen molar-refractivity contribution >= 4 is 22.4 Å². The third-order valence-corrected chi connectivity index (χ3v) is 4.26. The number of aryl methyl sites for hydroxylation is 1. The molecule has 0 fully saturated rings. The fraction of sp³-hybridized carbons (Fsp3) is 0.333. The van der Waals surface area contributed by atoms with Gasteiger partial charge in [0.15, 0.2) is 0 Å². The standard InChI is InChI=1S/C15H18N4OS/c1-10(12-9-21-18-15(12)20-3)16-8-13-11-6-4-5-7-14(11)19(2)17-13/h4-7,9-10,16H,8H2,1-3H3. The Bertz CT molecular complexity index is 749. The number of benzene rings is 1. The molecule has 0 amide bonds. The molecule has 2 aromatic heterocycles. The summed E-state index contributed by atoms with van der Waals surface area (Å²) in [5, 5.41) is 11.3. The van der Waals surface area contributed by atoms with Crippen LogP contribution in [0.2, 0.25) is 0 Å². The summed E-state index contributed by atoms with van der Waals surface area (Å²) < 4.78 is 11.4. The van der Waals surface area contributed by atoms with Crippen LogP contribution in [0.25, 0.3) is 10.9 Å². The number of aromatic nitrogens is 3. The largest absolute Gasteiger partial charge is 0.480 e. The Kier molecular flexibility index (Phi) is 3.90. The van der Waals surface area contributed by atoms with Crippen LogP contribution in [0.5, 0.6) is 5.88 Å². The lowest BCUT2D eigenvalue weighted by Gasteiger charge is -2.12. The van der Waals surface area contributed by atoms with Crippen LogP contribution >= 0.6 is 11.5 Å². The van der Waals surface area contributed by atoms with Gasteiger partial charge in [-0.15, -0.1) is 0 Å². The van der Waals surface area contributed by atoms with Crippen molar-refractivity contribution in [2.24, 2.45) is 7.05 Å². The Morgan fingerprint density at radius 2 is 2.19 bits per heavy atom. The second kappa shape index (κ2) is 5.83. The summed E-state index contributed by atoms with van der Waals surface area (Å²) in [6.45, 7) is 2.82. The lowest BCUT2D eigenvalue weighted by Crippen LogP contribution is -2.18. The number of nitrogens with one attached hydrogen (secondary N) is 1. The molecule has 0 bridgehead atoms. The SMILES string of the molecule is COc1nscc1C(C)NCc1nn(C)c2ccccc12. The van der Waals surface area contributed by atoms with Gasteiger partial charge in [0.25, 0.3) is 0 Å². The molecule has 0 aliphatic heterocycles. The summed E-state index contributed by atoms with van der Waals surface area (Å²) in [5.74, 6) is 0.700.